The maximum absolute atomic E-state index is 13.2. The van der Waals surface area contributed by atoms with Crippen LogP contribution < -0.4 is 0 Å². The molecule has 0 atom stereocenters. The molecule has 1 aromatic heterocycles. The minimum Gasteiger partial charge on any atom is -0.481 e. The van der Waals surface area contributed by atoms with Crippen LogP contribution in [0, 0.1) is 12.7 Å². The summed E-state index contributed by atoms with van der Waals surface area (Å²) < 4.78 is 15.2. The predicted molar refractivity (Wildman–Crippen MR) is 72.1 cm³/mol. The van der Waals surface area contributed by atoms with E-state index in [1.54, 1.807) is 23.6 Å². The SMILES string of the molecule is Cc1nnc(SCC(=O)O)n1-c1ccc(F)c(Br)c1. The summed E-state index contributed by atoms with van der Waals surface area (Å²) >= 11 is 4.17. The number of benzene rings is 1. The van der Waals surface area contributed by atoms with E-state index in [-0.39, 0.29) is 11.6 Å². The number of rotatable bonds is 4. The molecular formula is C11H9BrFN3O2S. The maximum Gasteiger partial charge on any atom is 0.313 e. The number of hydrogen-bond acceptors (Lipinski definition) is 4. The molecule has 2 aromatic rings. The highest BCUT2D eigenvalue weighted by Crippen LogP contribution is 2.25. The number of nitrogens with zero attached hydrogens (tertiary/aromatic N) is 3. The molecular weight excluding hydrogens is 337 g/mol. The molecule has 0 bridgehead atoms. The van der Waals surface area contributed by atoms with Gasteiger partial charge >= 0.3 is 5.97 Å². The zero-order valence-corrected chi connectivity index (χ0v) is 12.2. The van der Waals surface area contributed by atoms with E-state index in [2.05, 4.69) is 26.1 Å². The van der Waals surface area contributed by atoms with Crippen LogP contribution in [-0.2, 0) is 4.79 Å². The number of aromatic nitrogens is 3. The van der Waals surface area contributed by atoms with Gasteiger partial charge in [0.1, 0.15) is 11.6 Å². The molecule has 0 saturated carbocycles. The molecule has 0 aliphatic carbocycles. The molecule has 0 spiro atoms. The van der Waals surface area contributed by atoms with E-state index in [0.717, 1.165) is 11.8 Å². The van der Waals surface area contributed by atoms with Crippen molar-refractivity contribution in [1.82, 2.24) is 14.8 Å². The lowest BCUT2D eigenvalue weighted by atomic mass is 10.3. The zero-order valence-electron chi connectivity index (χ0n) is 9.80. The Bertz CT molecular complexity index is 632. The molecule has 0 fully saturated rings. The molecule has 8 heteroatoms. The second kappa shape index (κ2) is 5.70. The summed E-state index contributed by atoms with van der Waals surface area (Å²) in [4.78, 5) is 10.6. The number of carboxylic acids is 1. The molecule has 2 rings (SSSR count). The van der Waals surface area contributed by atoms with Crippen LogP contribution in [0.15, 0.2) is 27.8 Å². The summed E-state index contributed by atoms with van der Waals surface area (Å²) in [6.07, 6.45) is 0. The fourth-order valence-corrected chi connectivity index (χ4v) is 2.57. The molecule has 100 valence electrons. The van der Waals surface area contributed by atoms with Crippen molar-refractivity contribution in [3.05, 3.63) is 34.3 Å². The van der Waals surface area contributed by atoms with Crippen molar-refractivity contribution < 1.29 is 14.3 Å². The van der Waals surface area contributed by atoms with E-state index >= 15 is 0 Å². The first-order chi connectivity index (χ1) is 8.99. The van der Waals surface area contributed by atoms with Gasteiger partial charge in [0.2, 0.25) is 0 Å². The lowest BCUT2D eigenvalue weighted by Crippen LogP contribution is -2.03. The Morgan fingerprint density at radius 3 is 2.89 bits per heavy atom. The Morgan fingerprint density at radius 2 is 2.26 bits per heavy atom. The van der Waals surface area contributed by atoms with E-state index in [9.17, 15) is 9.18 Å². The van der Waals surface area contributed by atoms with Gasteiger partial charge < -0.3 is 5.11 Å². The molecule has 5 nitrogen and oxygen atoms in total. The van der Waals surface area contributed by atoms with E-state index in [4.69, 9.17) is 5.11 Å². The second-order valence-electron chi connectivity index (χ2n) is 3.65. The van der Waals surface area contributed by atoms with Crippen LogP contribution in [0.25, 0.3) is 5.69 Å². The smallest absolute Gasteiger partial charge is 0.313 e. The van der Waals surface area contributed by atoms with Crippen molar-refractivity contribution in [2.45, 2.75) is 12.1 Å². The van der Waals surface area contributed by atoms with Crippen molar-refractivity contribution in [1.29, 1.82) is 0 Å². The minimum atomic E-state index is -0.933. The monoisotopic (exact) mass is 345 g/mol. The summed E-state index contributed by atoms with van der Waals surface area (Å²) in [5.41, 5.74) is 0.670. The predicted octanol–water partition coefficient (Wildman–Crippen LogP) is 2.65. The van der Waals surface area contributed by atoms with Crippen LogP contribution in [0.1, 0.15) is 5.82 Å². The molecule has 0 unspecified atom stereocenters. The number of aliphatic carboxylic acids is 1. The van der Waals surface area contributed by atoms with Gasteiger partial charge in [0, 0.05) is 0 Å². The molecule has 0 aliphatic heterocycles. The average molecular weight is 346 g/mol. The molecule has 0 aliphatic rings. The van der Waals surface area contributed by atoms with Gasteiger partial charge in [-0.25, -0.2) is 4.39 Å². The van der Waals surface area contributed by atoms with E-state index in [1.165, 1.54) is 6.07 Å². The molecule has 1 aromatic carbocycles. The average Bonchev–Trinajstić information content (AvgIpc) is 2.71. The van der Waals surface area contributed by atoms with E-state index < -0.39 is 5.97 Å². The highest BCUT2D eigenvalue weighted by molar-refractivity contribution is 9.10. The third-order valence-corrected chi connectivity index (χ3v) is 3.80. The van der Waals surface area contributed by atoms with Crippen LogP contribution in [0.2, 0.25) is 0 Å². The lowest BCUT2D eigenvalue weighted by Gasteiger charge is -2.08. The van der Waals surface area contributed by atoms with E-state index in [1.807, 2.05) is 0 Å². The molecule has 0 saturated heterocycles. The van der Waals surface area contributed by atoms with Crippen LogP contribution in [0.4, 0.5) is 4.39 Å². The van der Waals surface area contributed by atoms with Crippen molar-refractivity contribution >= 4 is 33.7 Å². The van der Waals surface area contributed by atoms with Crippen LogP contribution in [-0.4, -0.2) is 31.6 Å². The summed E-state index contributed by atoms with van der Waals surface area (Å²) in [6, 6.07) is 4.50. The van der Waals surface area contributed by atoms with Gasteiger partial charge in [0.15, 0.2) is 5.16 Å². The van der Waals surface area contributed by atoms with Crippen molar-refractivity contribution in [3.8, 4) is 5.69 Å². The Kier molecular flexibility index (Phi) is 4.20. The Balaban J connectivity index is 2.40. The van der Waals surface area contributed by atoms with Crippen molar-refractivity contribution in [2.24, 2.45) is 0 Å². The quantitative estimate of drug-likeness (QED) is 0.862. The molecule has 19 heavy (non-hydrogen) atoms. The van der Waals surface area contributed by atoms with Gasteiger partial charge in [-0.15, -0.1) is 10.2 Å². The number of halogens is 2. The van der Waals surface area contributed by atoms with Crippen molar-refractivity contribution in [2.75, 3.05) is 5.75 Å². The largest absolute Gasteiger partial charge is 0.481 e. The Morgan fingerprint density at radius 1 is 1.53 bits per heavy atom. The summed E-state index contributed by atoms with van der Waals surface area (Å²) in [7, 11) is 0. The van der Waals surface area contributed by atoms with Gasteiger partial charge in [-0.05, 0) is 41.1 Å². The number of aryl methyl sites for hydroxylation is 1. The number of carboxylic acid groups (broad SMARTS) is 1. The molecule has 0 radical (unpaired) electrons. The Hall–Kier alpha value is -1.41. The van der Waals surface area contributed by atoms with Gasteiger partial charge in [-0.3, -0.25) is 9.36 Å². The zero-order chi connectivity index (χ0) is 14.0. The summed E-state index contributed by atoms with van der Waals surface area (Å²) in [5.74, 6) is -0.807. The van der Waals surface area contributed by atoms with Crippen LogP contribution in [0.3, 0.4) is 0 Å². The van der Waals surface area contributed by atoms with Gasteiger partial charge in [-0.2, -0.15) is 0 Å². The second-order valence-corrected chi connectivity index (χ2v) is 5.44. The topological polar surface area (TPSA) is 68.0 Å². The standard InChI is InChI=1S/C11H9BrFN3O2S/c1-6-14-15-11(19-5-10(17)18)16(6)7-2-3-9(13)8(12)4-7/h2-4H,5H2,1H3,(H,17,18). The summed E-state index contributed by atoms with van der Waals surface area (Å²) in [5, 5.41) is 17.0. The molecule has 1 heterocycles. The fraction of sp³-hybridized carbons (Fsp3) is 0.182. The normalized spacial score (nSPS) is 10.7. The highest BCUT2D eigenvalue weighted by atomic mass is 79.9. The Labute approximate surface area is 121 Å². The van der Waals surface area contributed by atoms with Crippen LogP contribution >= 0.6 is 27.7 Å². The molecule has 0 amide bonds. The lowest BCUT2D eigenvalue weighted by molar-refractivity contribution is -0.133. The minimum absolute atomic E-state index is 0.111. The van der Waals surface area contributed by atoms with Crippen LogP contribution in [0.5, 0.6) is 0 Å². The third-order valence-electron chi connectivity index (χ3n) is 2.28. The van der Waals surface area contributed by atoms with Gasteiger partial charge in [-0.1, -0.05) is 11.8 Å². The highest BCUT2D eigenvalue weighted by Gasteiger charge is 2.13. The first-order valence-corrected chi connectivity index (χ1v) is 6.99. The number of thioether (sulfide) groups is 1. The molecule has 1 N–H and O–H groups in total. The number of carbonyl (C=O) groups is 1. The van der Waals surface area contributed by atoms with Gasteiger partial charge in [0.25, 0.3) is 0 Å². The van der Waals surface area contributed by atoms with Gasteiger partial charge in [0.05, 0.1) is 15.9 Å². The fourth-order valence-electron chi connectivity index (χ4n) is 1.48. The summed E-state index contributed by atoms with van der Waals surface area (Å²) in [6.45, 7) is 1.75. The third kappa shape index (κ3) is 3.13. The van der Waals surface area contributed by atoms with Crippen molar-refractivity contribution in [3.63, 3.8) is 0 Å². The first-order valence-electron chi connectivity index (χ1n) is 5.21. The maximum atomic E-state index is 13.2. The van der Waals surface area contributed by atoms with E-state index in [0.29, 0.717) is 21.1 Å². The first kappa shape index (κ1) is 14.0. The number of hydrogen-bond donors (Lipinski definition) is 1.